The molecule has 0 radical (unpaired) electrons. The molecule has 0 spiro atoms. The number of aromatic amines is 1. The number of ether oxygens (including phenoxy) is 1. The van der Waals surface area contributed by atoms with E-state index in [0.717, 1.165) is 53.4 Å². The van der Waals surface area contributed by atoms with Crippen LogP contribution in [0.1, 0.15) is 12.8 Å². The molecule has 1 aromatic carbocycles. The summed E-state index contributed by atoms with van der Waals surface area (Å²) in [4.78, 5) is 9.50. The average Bonchev–Trinajstić information content (AvgIpc) is 3.29. The smallest absolute Gasteiger partial charge is 0.228 e. The topological polar surface area (TPSA) is 93.5 Å². The van der Waals surface area contributed by atoms with Gasteiger partial charge in [0.15, 0.2) is 11.5 Å². The second kappa shape index (κ2) is 6.06. The normalized spacial score (nSPS) is 15.7. The molecule has 0 aliphatic carbocycles. The first-order valence-corrected chi connectivity index (χ1v) is 8.79. The first kappa shape index (κ1) is 15.3. The summed E-state index contributed by atoms with van der Waals surface area (Å²) in [5, 5.41) is 16.7. The molecule has 0 amide bonds. The number of nitrogens with zero attached hydrogens (tertiary/aromatic N) is 5. The van der Waals surface area contributed by atoms with Gasteiger partial charge in [0.1, 0.15) is 11.5 Å². The van der Waals surface area contributed by atoms with E-state index in [1.807, 2.05) is 25.2 Å². The van der Waals surface area contributed by atoms with Crippen LogP contribution in [0.4, 0.5) is 0 Å². The molecule has 1 fully saturated rings. The Labute approximate surface area is 149 Å². The molecule has 8 heteroatoms. The van der Waals surface area contributed by atoms with Crippen LogP contribution in [-0.2, 0) is 7.05 Å². The summed E-state index contributed by atoms with van der Waals surface area (Å²) < 4.78 is 8.02. The van der Waals surface area contributed by atoms with Gasteiger partial charge in [-0.15, -0.1) is 0 Å². The minimum Gasteiger partial charge on any atom is -0.474 e. The summed E-state index contributed by atoms with van der Waals surface area (Å²) in [7, 11) is 1.88. The third-order valence-electron chi connectivity index (χ3n) is 4.85. The maximum absolute atomic E-state index is 6.27. The Morgan fingerprint density at radius 1 is 1.12 bits per heavy atom. The van der Waals surface area contributed by atoms with Crippen LogP contribution in [0.25, 0.3) is 33.3 Å². The third kappa shape index (κ3) is 2.50. The lowest BCUT2D eigenvalue weighted by molar-refractivity contribution is 0.158. The summed E-state index contributed by atoms with van der Waals surface area (Å²) in [6.45, 7) is 1.93. The molecule has 4 heterocycles. The van der Waals surface area contributed by atoms with Gasteiger partial charge in [-0.2, -0.15) is 15.2 Å². The quantitative estimate of drug-likeness (QED) is 0.588. The number of hydrogen-bond acceptors (Lipinski definition) is 6. The van der Waals surface area contributed by atoms with Gasteiger partial charge in [-0.25, -0.2) is 4.98 Å². The number of rotatable bonds is 3. The second-order valence-corrected chi connectivity index (χ2v) is 6.56. The van der Waals surface area contributed by atoms with Crippen molar-refractivity contribution in [2.75, 3.05) is 13.1 Å². The first-order valence-electron chi connectivity index (χ1n) is 8.79. The molecule has 2 N–H and O–H groups in total. The fraction of sp³-hybridized carbons (Fsp3) is 0.333. The van der Waals surface area contributed by atoms with Crippen molar-refractivity contribution >= 4 is 21.9 Å². The fourth-order valence-corrected chi connectivity index (χ4v) is 3.44. The van der Waals surface area contributed by atoms with Gasteiger partial charge in [0.25, 0.3) is 0 Å². The van der Waals surface area contributed by atoms with E-state index in [4.69, 9.17) is 14.7 Å². The Bertz CT molecular complexity index is 1080. The number of fused-ring (bicyclic) bond motifs is 2. The number of aryl methyl sites for hydroxylation is 1. The van der Waals surface area contributed by atoms with Crippen LogP contribution in [0.15, 0.2) is 30.6 Å². The molecule has 4 aromatic rings. The summed E-state index contributed by atoms with van der Waals surface area (Å²) >= 11 is 0. The molecule has 132 valence electrons. The number of piperidine rings is 1. The van der Waals surface area contributed by atoms with Gasteiger partial charge < -0.3 is 10.1 Å². The van der Waals surface area contributed by atoms with Crippen LogP contribution < -0.4 is 10.1 Å². The van der Waals surface area contributed by atoms with Crippen molar-refractivity contribution in [1.82, 2.24) is 35.3 Å². The lowest BCUT2D eigenvalue weighted by Crippen LogP contribution is -2.34. The van der Waals surface area contributed by atoms with E-state index in [2.05, 4.69) is 20.6 Å². The van der Waals surface area contributed by atoms with Crippen molar-refractivity contribution in [2.45, 2.75) is 18.9 Å². The number of aromatic nitrogens is 6. The molecular weight excluding hydrogens is 330 g/mol. The van der Waals surface area contributed by atoms with Gasteiger partial charge >= 0.3 is 0 Å². The van der Waals surface area contributed by atoms with Crippen LogP contribution in [0.2, 0.25) is 0 Å². The number of nitrogens with one attached hydrogen (secondary N) is 2. The standard InChI is InChI=1S/C18H19N7O/c1-25-17-14(10-21-25)18(26-11-5-7-19-8-6-11)23-16(22-17)12-3-2-4-15-13(12)9-20-24-15/h2-4,9-11,19H,5-8H2,1H3,(H,20,24). The first-order chi connectivity index (χ1) is 12.8. The Morgan fingerprint density at radius 3 is 2.88 bits per heavy atom. The molecule has 0 bridgehead atoms. The molecule has 0 unspecified atom stereocenters. The van der Waals surface area contributed by atoms with E-state index in [1.165, 1.54) is 0 Å². The van der Waals surface area contributed by atoms with E-state index >= 15 is 0 Å². The highest BCUT2D eigenvalue weighted by molar-refractivity contribution is 5.93. The minimum atomic E-state index is 0.159. The molecule has 1 aliphatic rings. The lowest BCUT2D eigenvalue weighted by Gasteiger charge is -2.23. The molecule has 0 saturated carbocycles. The van der Waals surface area contributed by atoms with Gasteiger partial charge in [0, 0.05) is 18.0 Å². The van der Waals surface area contributed by atoms with E-state index in [0.29, 0.717) is 11.7 Å². The molecular formula is C18H19N7O. The molecule has 26 heavy (non-hydrogen) atoms. The van der Waals surface area contributed by atoms with Crippen LogP contribution >= 0.6 is 0 Å². The molecule has 0 atom stereocenters. The van der Waals surface area contributed by atoms with Crippen LogP contribution in [0, 0.1) is 0 Å². The van der Waals surface area contributed by atoms with E-state index in [-0.39, 0.29) is 6.10 Å². The lowest BCUT2D eigenvalue weighted by atomic mass is 10.1. The number of hydrogen-bond donors (Lipinski definition) is 2. The summed E-state index contributed by atoms with van der Waals surface area (Å²) in [6, 6.07) is 5.96. The summed E-state index contributed by atoms with van der Waals surface area (Å²) in [5.74, 6) is 1.22. The fourth-order valence-electron chi connectivity index (χ4n) is 3.44. The highest BCUT2D eigenvalue weighted by atomic mass is 16.5. The van der Waals surface area contributed by atoms with Crippen LogP contribution in [-0.4, -0.2) is 49.1 Å². The van der Waals surface area contributed by atoms with Crippen molar-refractivity contribution in [1.29, 1.82) is 0 Å². The van der Waals surface area contributed by atoms with Gasteiger partial charge in [0.2, 0.25) is 5.88 Å². The zero-order chi connectivity index (χ0) is 17.5. The SMILES string of the molecule is Cn1ncc2c(OC3CCNCC3)nc(-c3cccc4[nH]ncc34)nc21. The Hall–Kier alpha value is -3.00. The Kier molecular flexibility index (Phi) is 3.56. The van der Waals surface area contributed by atoms with Crippen LogP contribution in [0.5, 0.6) is 5.88 Å². The molecule has 1 aliphatic heterocycles. The van der Waals surface area contributed by atoms with Crippen molar-refractivity contribution in [3.63, 3.8) is 0 Å². The number of H-pyrrole nitrogens is 1. The maximum Gasteiger partial charge on any atom is 0.228 e. The van der Waals surface area contributed by atoms with Crippen molar-refractivity contribution in [2.24, 2.45) is 7.05 Å². The van der Waals surface area contributed by atoms with Gasteiger partial charge in [-0.3, -0.25) is 9.78 Å². The molecule has 5 rings (SSSR count). The van der Waals surface area contributed by atoms with E-state index < -0.39 is 0 Å². The number of benzene rings is 1. The molecule has 3 aromatic heterocycles. The Morgan fingerprint density at radius 2 is 2.00 bits per heavy atom. The summed E-state index contributed by atoms with van der Waals surface area (Å²) in [5.41, 5.74) is 2.64. The highest BCUT2D eigenvalue weighted by Crippen LogP contribution is 2.31. The van der Waals surface area contributed by atoms with E-state index in [1.54, 1.807) is 17.1 Å². The predicted octanol–water partition coefficient (Wildman–Crippen LogP) is 2.04. The van der Waals surface area contributed by atoms with Crippen molar-refractivity contribution in [3.8, 4) is 17.3 Å². The predicted molar refractivity (Wildman–Crippen MR) is 97.9 cm³/mol. The Balaban J connectivity index is 1.66. The third-order valence-corrected chi connectivity index (χ3v) is 4.85. The second-order valence-electron chi connectivity index (χ2n) is 6.56. The average molecular weight is 349 g/mol. The monoisotopic (exact) mass is 349 g/mol. The maximum atomic E-state index is 6.27. The zero-order valence-corrected chi connectivity index (χ0v) is 14.4. The van der Waals surface area contributed by atoms with Crippen LogP contribution in [0.3, 0.4) is 0 Å². The largest absolute Gasteiger partial charge is 0.474 e. The highest BCUT2D eigenvalue weighted by Gasteiger charge is 2.20. The summed E-state index contributed by atoms with van der Waals surface area (Å²) in [6.07, 6.45) is 5.67. The van der Waals surface area contributed by atoms with Gasteiger partial charge in [0.05, 0.1) is 17.9 Å². The van der Waals surface area contributed by atoms with Crippen molar-refractivity contribution in [3.05, 3.63) is 30.6 Å². The van der Waals surface area contributed by atoms with E-state index in [9.17, 15) is 0 Å². The molecule has 8 nitrogen and oxygen atoms in total. The van der Waals surface area contributed by atoms with Gasteiger partial charge in [-0.05, 0) is 32.0 Å². The minimum absolute atomic E-state index is 0.159. The van der Waals surface area contributed by atoms with Gasteiger partial charge in [-0.1, -0.05) is 12.1 Å². The van der Waals surface area contributed by atoms with Crippen molar-refractivity contribution < 1.29 is 4.74 Å². The molecule has 1 saturated heterocycles. The zero-order valence-electron chi connectivity index (χ0n) is 14.4.